The molecule has 0 unspecified atom stereocenters. The fourth-order valence-electron chi connectivity index (χ4n) is 6.13. The number of ether oxygens (including phenoxy) is 3. The van der Waals surface area contributed by atoms with Crippen molar-refractivity contribution in [2.75, 3.05) is 57.0 Å². The van der Waals surface area contributed by atoms with Crippen LogP contribution < -0.4 is 19.4 Å². The van der Waals surface area contributed by atoms with Crippen LogP contribution in [0.3, 0.4) is 0 Å². The molecule has 5 aromatic rings. The van der Waals surface area contributed by atoms with Gasteiger partial charge in [0.25, 0.3) is 0 Å². The Morgan fingerprint density at radius 2 is 1.80 bits per heavy atom. The number of pyridine rings is 1. The van der Waals surface area contributed by atoms with E-state index in [-0.39, 0.29) is 0 Å². The minimum atomic E-state index is 0.491. The molecule has 0 spiro atoms. The predicted molar refractivity (Wildman–Crippen MR) is 176 cm³/mol. The molecule has 0 amide bonds. The van der Waals surface area contributed by atoms with E-state index in [0.717, 1.165) is 94.9 Å². The van der Waals surface area contributed by atoms with Gasteiger partial charge < -0.3 is 23.7 Å². The number of hydrogen-bond acceptors (Lipinski definition) is 9. The van der Waals surface area contributed by atoms with Crippen molar-refractivity contribution in [1.82, 2.24) is 24.3 Å². The fourth-order valence-corrected chi connectivity index (χ4v) is 6.13. The lowest BCUT2D eigenvalue weighted by Gasteiger charge is -2.30. The molecular weight excluding hydrogens is 568 g/mol. The van der Waals surface area contributed by atoms with Gasteiger partial charge in [-0.3, -0.25) is 4.68 Å². The maximum absolute atomic E-state index is 5.80. The van der Waals surface area contributed by atoms with Crippen LogP contribution in [0.4, 0.5) is 11.5 Å². The Bertz CT molecular complexity index is 1870. The van der Waals surface area contributed by atoms with Gasteiger partial charge in [-0.05, 0) is 37.5 Å². The number of nitrogens with zero attached hydrogens (tertiary/aromatic N) is 8. The highest BCUT2D eigenvalue weighted by Gasteiger charge is 2.26. The van der Waals surface area contributed by atoms with E-state index in [4.69, 9.17) is 29.3 Å². The van der Waals surface area contributed by atoms with Crippen molar-refractivity contribution in [2.24, 2.45) is 12.1 Å². The average Bonchev–Trinajstić information content (AvgIpc) is 3.68. The number of methoxy groups -OCH3 is 2. The summed E-state index contributed by atoms with van der Waals surface area (Å²) in [6, 6.07) is 16.6. The summed E-state index contributed by atoms with van der Waals surface area (Å²) in [4.78, 5) is 12.9. The molecule has 2 aromatic carbocycles. The average molecular weight is 607 g/mol. The van der Waals surface area contributed by atoms with Crippen LogP contribution in [0.25, 0.3) is 22.6 Å². The maximum atomic E-state index is 5.80. The number of fused-ring (bicyclic) bond motifs is 1. The second-order valence-electron chi connectivity index (χ2n) is 11.5. The Labute approximate surface area is 262 Å². The molecular formula is C34H38N8O3. The summed E-state index contributed by atoms with van der Waals surface area (Å²) in [6.45, 7) is 6.27. The van der Waals surface area contributed by atoms with E-state index in [2.05, 4.69) is 56.8 Å². The third-order valence-corrected chi connectivity index (χ3v) is 8.45. The number of imidazole rings is 1. The number of aromatic nitrogens is 5. The van der Waals surface area contributed by atoms with Crippen molar-refractivity contribution in [3.05, 3.63) is 77.6 Å². The number of morpholine rings is 1. The number of anilines is 2. The van der Waals surface area contributed by atoms with Gasteiger partial charge in [-0.1, -0.05) is 29.8 Å². The first-order valence-corrected chi connectivity index (χ1v) is 15.4. The van der Waals surface area contributed by atoms with Crippen LogP contribution in [-0.2, 0) is 18.3 Å². The van der Waals surface area contributed by atoms with Crippen molar-refractivity contribution in [2.45, 2.75) is 26.3 Å². The van der Waals surface area contributed by atoms with E-state index in [1.54, 1.807) is 18.9 Å². The largest absolute Gasteiger partial charge is 0.497 e. The molecule has 0 saturated carbocycles. The molecule has 11 nitrogen and oxygen atoms in total. The van der Waals surface area contributed by atoms with E-state index in [1.807, 2.05) is 37.6 Å². The van der Waals surface area contributed by atoms with Gasteiger partial charge in [0.1, 0.15) is 22.8 Å². The summed E-state index contributed by atoms with van der Waals surface area (Å²) in [5.41, 5.74) is 8.01. The Kier molecular flexibility index (Phi) is 7.85. The second kappa shape index (κ2) is 12.2. The second-order valence-corrected chi connectivity index (χ2v) is 11.5. The van der Waals surface area contributed by atoms with Crippen molar-refractivity contribution in [1.29, 1.82) is 0 Å². The van der Waals surface area contributed by atoms with Gasteiger partial charge >= 0.3 is 0 Å². The van der Waals surface area contributed by atoms with Gasteiger partial charge in [-0.15, -0.1) is 0 Å². The summed E-state index contributed by atoms with van der Waals surface area (Å²) in [5.74, 6) is 3.06. The van der Waals surface area contributed by atoms with Crippen molar-refractivity contribution in [3.63, 3.8) is 0 Å². The highest BCUT2D eigenvalue weighted by Crippen LogP contribution is 2.36. The lowest BCUT2D eigenvalue weighted by atomic mass is 10.0. The first-order valence-electron chi connectivity index (χ1n) is 15.4. The van der Waals surface area contributed by atoms with Crippen LogP contribution in [-0.4, -0.2) is 77.1 Å². The number of aryl methyl sites for hydroxylation is 2. The molecule has 3 aromatic heterocycles. The monoisotopic (exact) mass is 606 g/mol. The minimum Gasteiger partial charge on any atom is -0.497 e. The molecule has 0 aliphatic carbocycles. The molecule has 1 saturated heterocycles. The van der Waals surface area contributed by atoms with Gasteiger partial charge in [-0.2, -0.15) is 10.2 Å². The number of hydrazone groups is 1. The summed E-state index contributed by atoms with van der Waals surface area (Å²) < 4.78 is 21.0. The molecule has 1 fully saturated rings. The quantitative estimate of drug-likeness (QED) is 0.242. The van der Waals surface area contributed by atoms with Gasteiger partial charge in [0.05, 0.1) is 57.1 Å². The number of rotatable bonds is 8. The van der Waals surface area contributed by atoms with Crippen molar-refractivity contribution in [3.8, 4) is 22.9 Å². The van der Waals surface area contributed by atoms with Crippen LogP contribution in [0.5, 0.6) is 11.5 Å². The number of benzene rings is 2. The first-order chi connectivity index (χ1) is 22.0. The summed E-state index contributed by atoms with van der Waals surface area (Å²) in [5, 5.41) is 11.7. The molecule has 7 rings (SSSR count). The zero-order valence-corrected chi connectivity index (χ0v) is 26.2. The standard InChI is InChI=1S/C34H38N8O3/c1-23-7-5-8-24(17-23)28-9-6-12-42(38-28)31-19-29(40-13-15-45-16-14-40)32-34(36-31)41(33(37-32)26-20-35-39(2)21-26)22-25-10-11-27(43-3)18-30(25)44-4/h5,7-8,10-11,17-21H,6,9,12-16,22H2,1-4H3. The molecule has 232 valence electrons. The van der Waals surface area contributed by atoms with Crippen LogP contribution >= 0.6 is 0 Å². The summed E-state index contributed by atoms with van der Waals surface area (Å²) in [6.07, 6.45) is 5.75. The van der Waals surface area contributed by atoms with E-state index >= 15 is 0 Å². The van der Waals surface area contributed by atoms with Gasteiger partial charge in [0.2, 0.25) is 0 Å². The molecule has 2 aliphatic rings. The Morgan fingerprint density at radius 3 is 2.56 bits per heavy atom. The third-order valence-electron chi connectivity index (χ3n) is 8.45. The Hall–Kier alpha value is -4.90. The highest BCUT2D eigenvalue weighted by molar-refractivity contribution is 6.02. The van der Waals surface area contributed by atoms with Gasteiger partial charge in [0, 0.05) is 50.6 Å². The topological polar surface area (TPSA) is 95.1 Å². The zero-order chi connectivity index (χ0) is 30.9. The van der Waals surface area contributed by atoms with Crippen LogP contribution in [0, 0.1) is 6.92 Å². The molecule has 0 radical (unpaired) electrons. The molecule has 0 N–H and O–H groups in total. The zero-order valence-electron chi connectivity index (χ0n) is 26.2. The SMILES string of the molecule is COc1ccc(Cn2c(-c3cnn(C)c3)nc3c(N4CCOCC4)cc(N4CCCC(c5cccc(C)c5)=N4)nc32)c(OC)c1. The summed E-state index contributed by atoms with van der Waals surface area (Å²) >= 11 is 0. The third kappa shape index (κ3) is 5.71. The molecule has 45 heavy (non-hydrogen) atoms. The van der Waals surface area contributed by atoms with Crippen molar-refractivity contribution < 1.29 is 14.2 Å². The smallest absolute Gasteiger partial charge is 0.165 e. The molecule has 11 heteroatoms. The minimum absolute atomic E-state index is 0.491. The first kappa shape index (κ1) is 28.8. The normalized spacial score (nSPS) is 15.4. The summed E-state index contributed by atoms with van der Waals surface area (Å²) in [7, 11) is 5.25. The van der Waals surface area contributed by atoms with Crippen LogP contribution in [0.15, 0.2) is 66.0 Å². The maximum Gasteiger partial charge on any atom is 0.165 e. The molecule has 0 bridgehead atoms. The molecule has 0 atom stereocenters. The van der Waals surface area contributed by atoms with E-state index in [1.165, 1.54) is 5.56 Å². The van der Waals surface area contributed by atoms with E-state index in [9.17, 15) is 0 Å². The number of hydrogen-bond donors (Lipinski definition) is 0. The van der Waals surface area contributed by atoms with Gasteiger partial charge in [-0.25, -0.2) is 15.0 Å². The Balaban J connectivity index is 1.42. The lowest BCUT2D eigenvalue weighted by molar-refractivity contribution is 0.123. The predicted octanol–water partition coefficient (Wildman–Crippen LogP) is 5.05. The fraction of sp³-hybridized carbons (Fsp3) is 0.353. The van der Waals surface area contributed by atoms with Crippen molar-refractivity contribution >= 4 is 28.4 Å². The van der Waals surface area contributed by atoms with Gasteiger partial charge in [0.15, 0.2) is 11.5 Å². The molecule has 2 aliphatic heterocycles. The van der Waals surface area contributed by atoms with E-state index < -0.39 is 0 Å². The van der Waals surface area contributed by atoms with Crippen LogP contribution in [0.2, 0.25) is 0 Å². The molecule has 5 heterocycles. The highest BCUT2D eigenvalue weighted by atomic mass is 16.5. The Morgan fingerprint density at radius 1 is 0.933 bits per heavy atom. The van der Waals surface area contributed by atoms with Crippen LogP contribution in [0.1, 0.15) is 29.5 Å². The van der Waals surface area contributed by atoms with E-state index in [0.29, 0.717) is 19.8 Å². The lowest BCUT2D eigenvalue weighted by Crippen LogP contribution is -2.36.